The molecule has 2 aromatic carbocycles. The zero-order valence-corrected chi connectivity index (χ0v) is 20.6. The molecule has 6 rings (SSSR count). The average Bonchev–Trinajstić information content (AvgIpc) is 3.35. The lowest BCUT2D eigenvalue weighted by atomic mass is 9.65. The number of benzene rings is 2. The molecule has 0 unspecified atom stereocenters. The molecule has 3 heterocycles. The summed E-state index contributed by atoms with van der Waals surface area (Å²) in [5.74, 6) is -3.34. The number of hydrogen-bond donors (Lipinski definition) is 2. The molecule has 6 atom stereocenters. The number of carbonyl (C=O) groups is 2. The highest BCUT2D eigenvalue weighted by Gasteiger charge is 2.66. The van der Waals surface area contributed by atoms with Crippen LogP contribution in [0.5, 0.6) is 5.75 Å². The molecule has 0 bridgehead atoms. The van der Waals surface area contributed by atoms with Crippen molar-refractivity contribution in [1.29, 1.82) is 0 Å². The van der Waals surface area contributed by atoms with Crippen LogP contribution in [0.2, 0.25) is 0 Å². The Morgan fingerprint density at radius 1 is 0.972 bits per heavy atom. The number of phenolic OH excluding ortho intramolecular Hbond substituents is 1. The van der Waals surface area contributed by atoms with E-state index in [1.807, 2.05) is 31.2 Å². The van der Waals surface area contributed by atoms with Gasteiger partial charge in [-0.25, -0.2) is 0 Å². The Kier molecular flexibility index (Phi) is 5.90. The lowest BCUT2D eigenvalue weighted by molar-refractivity contribution is -0.265. The van der Waals surface area contributed by atoms with Crippen molar-refractivity contribution < 1.29 is 24.5 Å². The van der Waals surface area contributed by atoms with Crippen LogP contribution in [0.15, 0.2) is 54.6 Å². The lowest BCUT2D eigenvalue weighted by Gasteiger charge is -2.43. The first kappa shape index (κ1) is 23.6. The van der Waals surface area contributed by atoms with Gasteiger partial charge < -0.3 is 14.9 Å². The second-order valence-corrected chi connectivity index (χ2v) is 11.1. The van der Waals surface area contributed by atoms with Crippen molar-refractivity contribution in [1.82, 2.24) is 9.80 Å². The van der Waals surface area contributed by atoms with E-state index in [1.165, 1.54) is 5.56 Å². The minimum absolute atomic E-state index is 0.0774. The minimum Gasteiger partial charge on any atom is -0.508 e. The second-order valence-electron chi connectivity index (χ2n) is 11.1. The third-order valence-electron chi connectivity index (χ3n) is 9.04. The van der Waals surface area contributed by atoms with Crippen LogP contribution in [0, 0.1) is 23.7 Å². The van der Waals surface area contributed by atoms with Gasteiger partial charge in [-0.1, -0.05) is 55.5 Å². The number of phenols is 1. The first-order chi connectivity index (χ1) is 17.4. The summed E-state index contributed by atoms with van der Waals surface area (Å²) in [6.45, 7) is 4.46. The summed E-state index contributed by atoms with van der Waals surface area (Å²) in [6.07, 6.45) is 1.86. The number of imide groups is 1. The third-order valence-corrected chi connectivity index (χ3v) is 9.04. The van der Waals surface area contributed by atoms with Gasteiger partial charge in [-0.2, -0.15) is 0 Å². The van der Waals surface area contributed by atoms with E-state index in [0.717, 1.165) is 32.5 Å². The summed E-state index contributed by atoms with van der Waals surface area (Å²) in [5.41, 5.74) is 1.88. The standard InChI is InChI=1S/C29H34N2O5/c1-18-15-22-26(23-16-25(36-29(18,23)35)21-9-5-6-10-24(21)32)28(34)31(27(22)33)20-11-13-30(14-12-20)17-19-7-3-2-4-8-19/h2-10,18,20,22-23,25-26,32,35H,11-17H2,1H3/t18-,22-,23-,25-,26-,29+/m0/s1. The average molecular weight is 491 g/mol. The predicted octanol–water partition coefficient (Wildman–Crippen LogP) is 3.46. The molecule has 2 amide bonds. The fourth-order valence-electron chi connectivity index (χ4n) is 7.16. The van der Waals surface area contributed by atoms with Crippen LogP contribution in [0.25, 0.3) is 0 Å². The van der Waals surface area contributed by atoms with Gasteiger partial charge in [0.15, 0.2) is 5.79 Å². The summed E-state index contributed by atoms with van der Waals surface area (Å²) >= 11 is 0. The summed E-state index contributed by atoms with van der Waals surface area (Å²) in [5, 5.41) is 22.0. The van der Waals surface area contributed by atoms with Gasteiger partial charge in [-0.15, -0.1) is 0 Å². The third kappa shape index (κ3) is 3.76. The number of para-hydroxylation sites is 1. The van der Waals surface area contributed by atoms with E-state index in [9.17, 15) is 19.8 Å². The van der Waals surface area contributed by atoms with Crippen LogP contribution in [-0.2, 0) is 20.9 Å². The Morgan fingerprint density at radius 2 is 1.67 bits per heavy atom. The molecule has 0 aromatic heterocycles. The first-order valence-corrected chi connectivity index (χ1v) is 13.2. The number of ether oxygens (including phenoxy) is 1. The fourth-order valence-corrected chi connectivity index (χ4v) is 7.16. The van der Waals surface area contributed by atoms with Crippen LogP contribution in [-0.4, -0.2) is 56.7 Å². The number of piperidine rings is 1. The van der Waals surface area contributed by atoms with E-state index in [-0.39, 0.29) is 29.5 Å². The summed E-state index contributed by atoms with van der Waals surface area (Å²) < 4.78 is 6.18. The molecule has 4 fully saturated rings. The smallest absolute Gasteiger partial charge is 0.233 e. The molecule has 1 aliphatic carbocycles. The first-order valence-electron chi connectivity index (χ1n) is 13.2. The zero-order valence-electron chi connectivity index (χ0n) is 20.6. The van der Waals surface area contributed by atoms with E-state index in [4.69, 9.17) is 4.74 Å². The monoisotopic (exact) mass is 490 g/mol. The van der Waals surface area contributed by atoms with Crippen molar-refractivity contribution in [2.45, 2.75) is 57.1 Å². The van der Waals surface area contributed by atoms with Gasteiger partial charge in [0.25, 0.3) is 0 Å². The molecule has 4 aliphatic rings. The van der Waals surface area contributed by atoms with Crippen molar-refractivity contribution in [3.63, 3.8) is 0 Å². The van der Waals surface area contributed by atoms with Crippen molar-refractivity contribution >= 4 is 11.8 Å². The van der Waals surface area contributed by atoms with Gasteiger partial charge in [0.1, 0.15) is 5.75 Å². The van der Waals surface area contributed by atoms with E-state index >= 15 is 0 Å². The maximum atomic E-state index is 13.8. The Balaban J connectivity index is 1.19. The molecule has 0 radical (unpaired) electrons. The van der Waals surface area contributed by atoms with Crippen molar-refractivity contribution in [2.24, 2.45) is 23.7 Å². The largest absolute Gasteiger partial charge is 0.508 e. The Hall–Kier alpha value is -2.74. The predicted molar refractivity (Wildman–Crippen MR) is 132 cm³/mol. The maximum absolute atomic E-state index is 13.8. The molecule has 190 valence electrons. The topological polar surface area (TPSA) is 90.3 Å². The molecule has 1 saturated carbocycles. The number of aromatic hydroxyl groups is 1. The molecular formula is C29H34N2O5. The highest BCUT2D eigenvalue weighted by Crippen LogP contribution is 2.59. The van der Waals surface area contributed by atoms with E-state index < -0.39 is 29.6 Å². The van der Waals surface area contributed by atoms with Gasteiger partial charge >= 0.3 is 0 Å². The molecule has 3 aliphatic heterocycles. The number of nitrogens with zero attached hydrogens (tertiary/aromatic N) is 2. The SMILES string of the molecule is C[C@H]1C[C@@H]2C(=O)N(C3CCN(Cc4ccccc4)CC3)C(=O)[C@@H]2[C@@H]2C[C@@H](c3ccccc3O)O[C@]12O. The molecule has 0 spiro atoms. The highest BCUT2D eigenvalue weighted by atomic mass is 16.6. The number of aliphatic hydroxyl groups is 1. The second kappa shape index (κ2) is 8.98. The van der Waals surface area contributed by atoms with E-state index in [1.54, 1.807) is 23.1 Å². The van der Waals surface area contributed by atoms with Crippen LogP contribution < -0.4 is 0 Å². The minimum atomic E-state index is -1.49. The van der Waals surface area contributed by atoms with E-state index in [2.05, 4.69) is 17.0 Å². The van der Waals surface area contributed by atoms with Gasteiger partial charge in [-0.05, 0) is 37.3 Å². The Labute approximate surface area is 211 Å². The number of hydrogen-bond acceptors (Lipinski definition) is 6. The van der Waals surface area contributed by atoms with E-state index in [0.29, 0.717) is 18.4 Å². The number of amides is 2. The Bertz CT molecular complexity index is 1150. The zero-order chi connectivity index (χ0) is 25.0. The summed E-state index contributed by atoms with van der Waals surface area (Å²) in [7, 11) is 0. The molecule has 3 saturated heterocycles. The van der Waals surface area contributed by atoms with Gasteiger partial charge in [0.05, 0.1) is 17.9 Å². The maximum Gasteiger partial charge on any atom is 0.233 e. The number of fused-ring (bicyclic) bond motifs is 3. The van der Waals surface area contributed by atoms with Gasteiger partial charge in [0, 0.05) is 43.1 Å². The molecular weight excluding hydrogens is 456 g/mol. The fraction of sp³-hybridized carbons (Fsp3) is 0.517. The molecule has 7 heteroatoms. The van der Waals surface area contributed by atoms with Crippen LogP contribution in [0.4, 0.5) is 0 Å². The Morgan fingerprint density at radius 3 is 2.39 bits per heavy atom. The normalized spacial score (nSPS) is 35.2. The summed E-state index contributed by atoms with van der Waals surface area (Å²) in [6, 6.07) is 17.2. The van der Waals surface area contributed by atoms with Crippen LogP contribution in [0.3, 0.4) is 0 Å². The molecule has 36 heavy (non-hydrogen) atoms. The van der Waals surface area contributed by atoms with Crippen molar-refractivity contribution in [2.75, 3.05) is 13.1 Å². The quantitative estimate of drug-likeness (QED) is 0.638. The number of likely N-dealkylation sites (tertiary alicyclic amines) is 2. The van der Waals surface area contributed by atoms with Crippen LogP contribution >= 0.6 is 0 Å². The van der Waals surface area contributed by atoms with Gasteiger partial charge in [-0.3, -0.25) is 19.4 Å². The summed E-state index contributed by atoms with van der Waals surface area (Å²) in [4.78, 5) is 31.3. The number of carbonyl (C=O) groups excluding carboxylic acids is 2. The lowest BCUT2D eigenvalue weighted by Crippen LogP contribution is -2.52. The molecule has 7 nitrogen and oxygen atoms in total. The molecule has 2 N–H and O–H groups in total. The van der Waals surface area contributed by atoms with Crippen molar-refractivity contribution in [3.05, 3.63) is 65.7 Å². The highest BCUT2D eigenvalue weighted by molar-refractivity contribution is 6.05. The van der Waals surface area contributed by atoms with Gasteiger partial charge in [0.2, 0.25) is 11.8 Å². The van der Waals surface area contributed by atoms with Crippen molar-refractivity contribution in [3.8, 4) is 5.75 Å². The number of rotatable bonds is 4. The van der Waals surface area contributed by atoms with Crippen LogP contribution in [0.1, 0.15) is 49.8 Å². The molecule has 2 aromatic rings.